The van der Waals surface area contributed by atoms with Gasteiger partial charge < -0.3 is 10.5 Å². The smallest absolute Gasteiger partial charge is 0.139 e. The lowest BCUT2D eigenvalue weighted by molar-refractivity contribution is 0.305. The maximum absolute atomic E-state index is 5.62. The molecule has 1 aromatic heterocycles. The van der Waals surface area contributed by atoms with E-state index in [1.54, 1.807) is 12.4 Å². The lowest BCUT2D eigenvalue weighted by Gasteiger charge is -2.06. The summed E-state index contributed by atoms with van der Waals surface area (Å²) >= 11 is 3.35. The molecule has 2 rings (SSSR count). The summed E-state index contributed by atoms with van der Waals surface area (Å²) in [5.41, 5.74) is 7.77. The molecule has 0 saturated heterocycles. The first-order valence-corrected chi connectivity index (χ1v) is 6.08. The van der Waals surface area contributed by atoms with Crippen LogP contribution >= 0.6 is 15.9 Å². The van der Waals surface area contributed by atoms with E-state index in [1.165, 1.54) is 0 Å². The van der Waals surface area contributed by atoms with Gasteiger partial charge in [0, 0.05) is 17.2 Å². The molecule has 0 aliphatic rings. The van der Waals surface area contributed by atoms with Crippen LogP contribution in [0, 0.1) is 0 Å². The number of halogens is 1. The Hall–Kier alpha value is -1.39. The molecule has 0 bridgehead atoms. The van der Waals surface area contributed by atoms with Crippen LogP contribution in [0.15, 0.2) is 47.2 Å². The Morgan fingerprint density at radius 2 is 1.82 bits per heavy atom. The molecule has 88 valence electrons. The van der Waals surface area contributed by atoms with Crippen molar-refractivity contribution in [2.45, 2.75) is 13.2 Å². The lowest BCUT2D eigenvalue weighted by Crippen LogP contribution is -1.98. The molecule has 0 unspecified atom stereocenters. The van der Waals surface area contributed by atoms with Crippen LogP contribution in [0.4, 0.5) is 0 Å². The van der Waals surface area contributed by atoms with E-state index >= 15 is 0 Å². The molecule has 0 aliphatic heterocycles. The van der Waals surface area contributed by atoms with Crippen molar-refractivity contribution in [2.24, 2.45) is 5.73 Å². The van der Waals surface area contributed by atoms with Gasteiger partial charge in [0.25, 0.3) is 0 Å². The number of hydrogen-bond acceptors (Lipinski definition) is 3. The number of nitrogens with zero attached hydrogens (tertiary/aromatic N) is 1. The average molecular weight is 293 g/mol. The topological polar surface area (TPSA) is 48.1 Å². The van der Waals surface area contributed by atoms with Crippen molar-refractivity contribution in [2.75, 3.05) is 0 Å². The fraction of sp³-hybridized carbons (Fsp3) is 0.154. The highest BCUT2D eigenvalue weighted by molar-refractivity contribution is 9.10. The van der Waals surface area contributed by atoms with Gasteiger partial charge in [-0.25, -0.2) is 0 Å². The second kappa shape index (κ2) is 5.80. The zero-order valence-corrected chi connectivity index (χ0v) is 10.9. The quantitative estimate of drug-likeness (QED) is 0.943. The molecule has 0 fully saturated rings. The normalized spacial score (nSPS) is 10.2. The summed E-state index contributed by atoms with van der Waals surface area (Å²) < 4.78 is 6.53. The van der Waals surface area contributed by atoms with Gasteiger partial charge in [0.15, 0.2) is 0 Å². The minimum Gasteiger partial charge on any atom is -0.487 e. The average Bonchev–Trinajstić information content (AvgIpc) is 2.37. The van der Waals surface area contributed by atoms with Crippen molar-refractivity contribution in [3.63, 3.8) is 0 Å². The largest absolute Gasteiger partial charge is 0.487 e. The molecule has 0 amide bonds. The van der Waals surface area contributed by atoms with Crippen molar-refractivity contribution in [3.05, 3.63) is 58.3 Å². The molecule has 2 aromatic rings. The molecule has 2 N–H and O–H groups in total. The van der Waals surface area contributed by atoms with E-state index in [0.717, 1.165) is 21.3 Å². The molecule has 0 aliphatic carbocycles. The van der Waals surface area contributed by atoms with Gasteiger partial charge in [0.1, 0.15) is 12.4 Å². The number of nitrogens with two attached hydrogens (primary N) is 1. The van der Waals surface area contributed by atoms with E-state index in [9.17, 15) is 0 Å². The predicted octanol–water partition coefficient (Wildman–Crippen LogP) is 2.88. The molecule has 0 radical (unpaired) electrons. The number of ether oxygens (including phenoxy) is 1. The molecule has 4 heteroatoms. The zero-order chi connectivity index (χ0) is 12.1. The van der Waals surface area contributed by atoms with Crippen LogP contribution in [-0.2, 0) is 13.2 Å². The third kappa shape index (κ3) is 3.54. The molecular formula is C13H13BrN2O. The first-order chi connectivity index (χ1) is 8.28. The Balaban J connectivity index is 1.97. The SMILES string of the molecule is NCc1ccc(COc2cncc(Br)c2)cc1. The molecule has 0 atom stereocenters. The summed E-state index contributed by atoms with van der Waals surface area (Å²) in [6.07, 6.45) is 3.42. The van der Waals surface area contributed by atoms with Gasteiger partial charge in [-0.15, -0.1) is 0 Å². The zero-order valence-electron chi connectivity index (χ0n) is 9.27. The molecule has 0 spiro atoms. The predicted molar refractivity (Wildman–Crippen MR) is 70.6 cm³/mol. The van der Waals surface area contributed by atoms with Crippen molar-refractivity contribution < 1.29 is 4.74 Å². The number of hydrogen-bond donors (Lipinski definition) is 1. The van der Waals surface area contributed by atoms with Crippen LogP contribution < -0.4 is 10.5 Å². The van der Waals surface area contributed by atoms with Crippen LogP contribution in [0.25, 0.3) is 0 Å². The Labute approximate surface area is 109 Å². The number of benzene rings is 1. The highest BCUT2D eigenvalue weighted by Crippen LogP contribution is 2.17. The van der Waals surface area contributed by atoms with Crippen LogP contribution in [0.5, 0.6) is 5.75 Å². The minimum absolute atomic E-state index is 0.531. The molecular weight excluding hydrogens is 280 g/mol. The third-order valence-corrected chi connectivity index (χ3v) is 2.78. The first kappa shape index (κ1) is 12.1. The fourth-order valence-corrected chi connectivity index (χ4v) is 1.75. The van der Waals surface area contributed by atoms with Crippen LogP contribution in [0.1, 0.15) is 11.1 Å². The van der Waals surface area contributed by atoms with Crippen molar-refractivity contribution in [1.82, 2.24) is 4.98 Å². The Morgan fingerprint density at radius 1 is 1.12 bits per heavy atom. The Morgan fingerprint density at radius 3 is 2.47 bits per heavy atom. The first-order valence-electron chi connectivity index (χ1n) is 5.29. The van der Waals surface area contributed by atoms with Gasteiger partial charge in [0.05, 0.1) is 6.20 Å². The molecule has 17 heavy (non-hydrogen) atoms. The van der Waals surface area contributed by atoms with E-state index in [1.807, 2.05) is 30.3 Å². The van der Waals surface area contributed by atoms with E-state index in [2.05, 4.69) is 20.9 Å². The van der Waals surface area contributed by atoms with E-state index in [0.29, 0.717) is 13.2 Å². The van der Waals surface area contributed by atoms with Crippen molar-refractivity contribution in [3.8, 4) is 5.75 Å². The van der Waals surface area contributed by atoms with Gasteiger partial charge in [-0.1, -0.05) is 24.3 Å². The van der Waals surface area contributed by atoms with E-state index in [4.69, 9.17) is 10.5 Å². The number of pyridine rings is 1. The summed E-state index contributed by atoms with van der Waals surface area (Å²) in [5, 5.41) is 0. The second-order valence-electron chi connectivity index (χ2n) is 3.65. The highest BCUT2D eigenvalue weighted by atomic mass is 79.9. The summed E-state index contributed by atoms with van der Waals surface area (Å²) in [6.45, 7) is 1.10. The summed E-state index contributed by atoms with van der Waals surface area (Å²) in [6, 6.07) is 9.96. The summed E-state index contributed by atoms with van der Waals surface area (Å²) in [7, 11) is 0. The van der Waals surface area contributed by atoms with Gasteiger partial charge >= 0.3 is 0 Å². The maximum atomic E-state index is 5.62. The number of rotatable bonds is 4. The van der Waals surface area contributed by atoms with E-state index < -0.39 is 0 Å². The molecule has 0 saturated carbocycles. The van der Waals surface area contributed by atoms with Gasteiger partial charge in [-0.05, 0) is 33.1 Å². The molecule has 1 aromatic carbocycles. The second-order valence-corrected chi connectivity index (χ2v) is 4.56. The van der Waals surface area contributed by atoms with Crippen molar-refractivity contribution in [1.29, 1.82) is 0 Å². The van der Waals surface area contributed by atoms with Gasteiger partial charge in [-0.3, -0.25) is 4.98 Å². The van der Waals surface area contributed by atoms with Crippen molar-refractivity contribution >= 4 is 15.9 Å². The fourth-order valence-electron chi connectivity index (χ4n) is 1.41. The van der Waals surface area contributed by atoms with E-state index in [-0.39, 0.29) is 0 Å². The lowest BCUT2D eigenvalue weighted by atomic mass is 10.1. The van der Waals surface area contributed by atoms with Gasteiger partial charge in [0.2, 0.25) is 0 Å². The number of aromatic nitrogens is 1. The van der Waals surface area contributed by atoms with Crippen LogP contribution in [0.3, 0.4) is 0 Å². The third-order valence-electron chi connectivity index (χ3n) is 2.34. The Kier molecular flexibility index (Phi) is 4.12. The van der Waals surface area contributed by atoms with Crippen LogP contribution in [-0.4, -0.2) is 4.98 Å². The standard InChI is InChI=1S/C13H13BrN2O/c14-12-5-13(8-16-7-12)17-9-11-3-1-10(6-15)2-4-11/h1-5,7-8H,6,9,15H2. The van der Waals surface area contributed by atoms with Crippen LogP contribution in [0.2, 0.25) is 0 Å². The highest BCUT2D eigenvalue weighted by Gasteiger charge is 1.97. The monoisotopic (exact) mass is 292 g/mol. The maximum Gasteiger partial charge on any atom is 0.139 e. The summed E-state index contributed by atoms with van der Waals surface area (Å²) in [5.74, 6) is 0.752. The molecule has 3 nitrogen and oxygen atoms in total. The molecule has 1 heterocycles. The Bertz CT molecular complexity index is 485. The van der Waals surface area contributed by atoms with Gasteiger partial charge in [-0.2, -0.15) is 0 Å². The summed E-state index contributed by atoms with van der Waals surface area (Å²) in [4.78, 5) is 4.04. The minimum atomic E-state index is 0.531.